The van der Waals surface area contributed by atoms with Crippen molar-refractivity contribution < 1.29 is 14.4 Å². The van der Waals surface area contributed by atoms with Gasteiger partial charge in [-0.05, 0) is 42.0 Å². The number of fused-ring (bicyclic) bond motifs is 1. The Kier molecular flexibility index (Phi) is 5.87. The van der Waals surface area contributed by atoms with Crippen molar-refractivity contribution in [3.8, 4) is 0 Å². The van der Waals surface area contributed by atoms with Crippen molar-refractivity contribution in [3.63, 3.8) is 0 Å². The minimum atomic E-state index is -0.366. The molecule has 0 radical (unpaired) electrons. The van der Waals surface area contributed by atoms with Gasteiger partial charge < -0.3 is 5.32 Å². The van der Waals surface area contributed by atoms with Crippen molar-refractivity contribution >= 4 is 23.4 Å². The standard InChI is InChI=1S/C26H29N3O3/c1-26(2,3)22(17-10-5-4-6-11-17)27-23(30)18-12-9-13-19(16-18)29-25(32)21-15-8-7-14-20(21)24(31)28-29/h4-13,16,20-22H,14-15H2,1-3H3,(H,27,30)(H,28,31). The fourth-order valence-electron chi connectivity index (χ4n) is 4.43. The number of nitrogens with zero attached hydrogens (tertiary/aromatic N) is 1. The molecular formula is C26H29N3O3. The lowest BCUT2D eigenvalue weighted by atomic mass is 9.80. The number of amides is 3. The first-order valence-corrected chi connectivity index (χ1v) is 11.0. The Hall–Kier alpha value is -3.41. The van der Waals surface area contributed by atoms with E-state index in [4.69, 9.17) is 0 Å². The molecule has 1 saturated heterocycles. The lowest BCUT2D eigenvalue weighted by Crippen LogP contribution is -2.59. The van der Waals surface area contributed by atoms with Crippen molar-refractivity contribution in [2.24, 2.45) is 17.3 Å². The Labute approximate surface area is 188 Å². The molecule has 1 heterocycles. The minimum Gasteiger partial charge on any atom is -0.345 e. The van der Waals surface area contributed by atoms with Crippen molar-refractivity contribution in [2.45, 2.75) is 39.7 Å². The van der Waals surface area contributed by atoms with Gasteiger partial charge in [-0.3, -0.25) is 19.8 Å². The quantitative estimate of drug-likeness (QED) is 0.714. The highest BCUT2D eigenvalue weighted by Gasteiger charge is 2.42. The third-order valence-corrected chi connectivity index (χ3v) is 6.17. The Morgan fingerprint density at radius 3 is 2.38 bits per heavy atom. The van der Waals surface area contributed by atoms with Crippen molar-refractivity contribution in [2.75, 3.05) is 5.01 Å². The second-order valence-electron chi connectivity index (χ2n) is 9.54. The molecule has 6 heteroatoms. The zero-order chi connectivity index (χ0) is 22.9. The van der Waals surface area contributed by atoms with Crippen molar-refractivity contribution in [3.05, 3.63) is 77.9 Å². The first-order valence-electron chi connectivity index (χ1n) is 11.0. The van der Waals surface area contributed by atoms with Gasteiger partial charge in [0.2, 0.25) is 11.8 Å². The van der Waals surface area contributed by atoms with Gasteiger partial charge in [0.1, 0.15) is 0 Å². The summed E-state index contributed by atoms with van der Waals surface area (Å²) in [5.41, 5.74) is 4.46. The third-order valence-electron chi connectivity index (χ3n) is 6.17. The Morgan fingerprint density at radius 1 is 1.00 bits per heavy atom. The maximum atomic E-state index is 13.2. The highest BCUT2D eigenvalue weighted by Crippen LogP contribution is 2.34. The van der Waals surface area contributed by atoms with E-state index < -0.39 is 0 Å². The van der Waals surface area contributed by atoms with E-state index in [-0.39, 0.29) is 41.0 Å². The van der Waals surface area contributed by atoms with Crippen LogP contribution in [0.5, 0.6) is 0 Å². The van der Waals surface area contributed by atoms with Crippen LogP contribution in [0.25, 0.3) is 0 Å². The van der Waals surface area contributed by atoms with Gasteiger partial charge in [-0.1, -0.05) is 69.3 Å². The summed E-state index contributed by atoms with van der Waals surface area (Å²) in [7, 11) is 0. The molecule has 32 heavy (non-hydrogen) atoms. The van der Waals surface area contributed by atoms with Crippen molar-refractivity contribution in [1.29, 1.82) is 0 Å². The van der Waals surface area contributed by atoms with Crippen LogP contribution in [-0.2, 0) is 9.59 Å². The summed E-state index contributed by atoms with van der Waals surface area (Å²) < 4.78 is 0. The van der Waals surface area contributed by atoms with Crippen LogP contribution in [0.1, 0.15) is 55.6 Å². The molecule has 3 atom stereocenters. The minimum absolute atomic E-state index is 0.145. The molecule has 1 fully saturated rings. The topological polar surface area (TPSA) is 78.5 Å². The van der Waals surface area contributed by atoms with E-state index in [9.17, 15) is 14.4 Å². The lowest BCUT2D eigenvalue weighted by molar-refractivity contribution is -0.139. The van der Waals surface area contributed by atoms with E-state index in [2.05, 4.69) is 31.5 Å². The predicted molar refractivity (Wildman–Crippen MR) is 124 cm³/mol. The van der Waals surface area contributed by atoms with E-state index in [1.165, 1.54) is 5.01 Å². The van der Waals surface area contributed by atoms with Gasteiger partial charge in [0.15, 0.2) is 0 Å². The summed E-state index contributed by atoms with van der Waals surface area (Å²) in [5.74, 6) is -1.23. The zero-order valence-electron chi connectivity index (χ0n) is 18.7. The number of hydrogen-bond acceptors (Lipinski definition) is 3. The molecule has 2 aromatic rings. The number of hydrogen-bond donors (Lipinski definition) is 2. The highest BCUT2D eigenvalue weighted by atomic mass is 16.2. The maximum Gasteiger partial charge on any atom is 0.251 e. The normalized spacial score (nSPS) is 21.5. The number of anilines is 1. The van der Waals surface area contributed by atoms with Crippen LogP contribution < -0.4 is 15.8 Å². The summed E-state index contributed by atoms with van der Waals surface area (Å²) in [6.45, 7) is 6.25. The SMILES string of the molecule is CC(C)(C)C(NC(=O)c1cccc(N2NC(=O)C3CC=CCC3C2=O)c1)c1ccccc1. The monoisotopic (exact) mass is 431 g/mol. The first-order chi connectivity index (χ1) is 15.3. The number of benzene rings is 2. The molecule has 1 aliphatic heterocycles. The number of allylic oxidation sites excluding steroid dienone is 2. The molecule has 2 N–H and O–H groups in total. The number of carbonyl (C=O) groups excluding carboxylic acids is 3. The van der Waals surface area contributed by atoms with Crippen LogP contribution in [0, 0.1) is 17.3 Å². The predicted octanol–water partition coefficient (Wildman–Crippen LogP) is 4.16. The van der Waals surface area contributed by atoms with E-state index in [0.29, 0.717) is 24.1 Å². The van der Waals surface area contributed by atoms with E-state index in [1.807, 2.05) is 42.5 Å². The van der Waals surface area contributed by atoms with Crippen LogP contribution in [0.4, 0.5) is 5.69 Å². The van der Waals surface area contributed by atoms with Crippen LogP contribution in [0.2, 0.25) is 0 Å². The summed E-state index contributed by atoms with van der Waals surface area (Å²) in [6, 6.07) is 16.5. The Morgan fingerprint density at radius 2 is 1.69 bits per heavy atom. The largest absolute Gasteiger partial charge is 0.345 e. The molecule has 0 aromatic heterocycles. The summed E-state index contributed by atoms with van der Waals surface area (Å²) in [5, 5.41) is 4.44. The van der Waals surface area contributed by atoms with Crippen LogP contribution in [-0.4, -0.2) is 17.7 Å². The van der Waals surface area contributed by atoms with E-state index in [1.54, 1.807) is 24.3 Å². The summed E-state index contributed by atoms with van der Waals surface area (Å²) in [6.07, 6.45) is 5.03. The molecule has 0 spiro atoms. The average Bonchev–Trinajstić information content (AvgIpc) is 2.79. The second-order valence-corrected chi connectivity index (χ2v) is 9.54. The fraction of sp³-hybridized carbons (Fsp3) is 0.346. The van der Waals surface area contributed by atoms with Gasteiger partial charge in [-0.2, -0.15) is 0 Å². The molecule has 0 saturated carbocycles. The first kappa shape index (κ1) is 21.8. The Balaban J connectivity index is 1.57. The van der Waals surface area contributed by atoms with E-state index >= 15 is 0 Å². The molecule has 1 aliphatic carbocycles. The number of carbonyl (C=O) groups is 3. The average molecular weight is 432 g/mol. The van der Waals surface area contributed by atoms with Gasteiger partial charge in [-0.25, -0.2) is 5.01 Å². The van der Waals surface area contributed by atoms with E-state index in [0.717, 1.165) is 5.56 Å². The molecule has 2 aliphatic rings. The summed E-state index contributed by atoms with van der Waals surface area (Å²) in [4.78, 5) is 38.8. The molecule has 166 valence electrons. The van der Waals surface area contributed by atoms with Gasteiger partial charge in [0, 0.05) is 5.56 Å². The number of rotatable bonds is 4. The summed E-state index contributed by atoms with van der Waals surface area (Å²) >= 11 is 0. The number of nitrogens with one attached hydrogen (secondary N) is 2. The molecule has 0 bridgehead atoms. The van der Waals surface area contributed by atoms with Crippen LogP contribution >= 0.6 is 0 Å². The van der Waals surface area contributed by atoms with Gasteiger partial charge in [0.25, 0.3) is 5.91 Å². The molecule has 3 unspecified atom stereocenters. The Bertz CT molecular complexity index is 1060. The maximum absolute atomic E-state index is 13.2. The highest BCUT2D eigenvalue weighted by molar-refractivity contribution is 6.05. The molecule has 4 rings (SSSR count). The fourth-order valence-corrected chi connectivity index (χ4v) is 4.43. The van der Waals surface area contributed by atoms with Crippen LogP contribution in [0.3, 0.4) is 0 Å². The molecular weight excluding hydrogens is 402 g/mol. The smallest absolute Gasteiger partial charge is 0.251 e. The second kappa shape index (κ2) is 8.61. The molecule has 6 nitrogen and oxygen atoms in total. The third kappa shape index (κ3) is 4.31. The van der Waals surface area contributed by atoms with Crippen molar-refractivity contribution in [1.82, 2.24) is 10.7 Å². The van der Waals surface area contributed by atoms with Gasteiger partial charge in [-0.15, -0.1) is 0 Å². The lowest BCUT2D eigenvalue weighted by Gasteiger charge is -2.38. The zero-order valence-corrected chi connectivity index (χ0v) is 18.7. The molecule has 3 amide bonds. The molecule has 2 aromatic carbocycles. The van der Waals surface area contributed by atoms with Crippen LogP contribution in [0.15, 0.2) is 66.7 Å². The number of hydrazine groups is 1. The van der Waals surface area contributed by atoms with Gasteiger partial charge >= 0.3 is 0 Å². The van der Waals surface area contributed by atoms with Gasteiger partial charge in [0.05, 0.1) is 23.6 Å².